The number of halogens is 5. The third-order valence-corrected chi connectivity index (χ3v) is 5.37. The fourth-order valence-corrected chi connectivity index (χ4v) is 3.43. The molecule has 36 heavy (non-hydrogen) atoms. The second-order valence-corrected chi connectivity index (χ2v) is 7.83. The number of aromatic nitrogens is 2. The zero-order chi connectivity index (χ0) is 25.9. The average molecular weight is 517 g/mol. The van der Waals surface area contributed by atoms with Crippen molar-refractivity contribution >= 4 is 29.0 Å². The van der Waals surface area contributed by atoms with Crippen LogP contribution in [0.3, 0.4) is 0 Å². The number of nitrogens with one attached hydrogen (secondary N) is 2. The van der Waals surface area contributed by atoms with Gasteiger partial charge in [0.2, 0.25) is 5.88 Å². The minimum Gasteiger partial charge on any atom is -0.438 e. The second-order valence-electron chi connectivity index (χ2n) is 7.43. The largest absolute Gasteiger partial charge is 0.438 e. The minimum atomic E-state index is -4.74. The lowest BCUT2D eigenvalue weighted by molar-refractivity contribution is -0.137. The van der Waals surface area contributed by atoms with E-state index in [0.29, 0.717) is 29.6 Å². The quantitative estimate of drug-likeness (QED) is 0.269. The number of rotatable bonds is 6. The van der Waals surface area contributed by atoms with Crippen LogP contribution in [0.2, 0.25) is 5.02 Å². The lowest BCUT2D eigenvalue weighted by Crippen LogP contribution is -2.16. The number of alkyl halides is 3. The maximum absolute atomic E-state index is 14.1. The maximum Gasteiger partial charge on any atom is 0.416 e. The monoisotopic (exact) mass is 516 g/mol. The van der Waals surface area contributed by atoms with Crippen molar-refractivity contribution in [3.05, 3.63) is 95.0 Å². The molecule has 4 aromatic rings. The van der Waals surface area contributed by atoms with Gasteiger partial charge in [-0.2, -0.15) is 13.2 Å². The summed E-state index contributed by atoms with van der Waals surface area (Å²) in [5.41, 5.74) is -0.493. The van der Waals surface area contributed by atoms with Gasteiger partial charge in [-0.15, -0.1) is 0 Å². The molecule has 0 fully saturated rings. The Labute approximate surface area is 207 Å². The van der Waals surface area contributed by atoms with Crippen molar-refractivity contribution in [2.45, 2.75) is 6.18 Å². The molecule has 1 amide bonds. The molecule has 11 heteroatoms. The minimum absolute atomic E-state index is 0.00911. The standard InChI is InChI=1S/C25H17ClF4N4O2/c1-31-22-11-14(8-10-32-22)17-3-2-9-33-24(17)36-16-5-6-19(26)21(13-16)34-23(35)18-12-15(25(28,29)30)4-7-20(18)27/h2-13H,1H3,(H,31,32)(H,34,35). The summed E-state index contributed by atoms with van der Waals surface area (Å²) in [6, 6.07) is 13.0. The van der Waals surface area contributed by atoms with Crippen LogP contribution >= 0.6 is 11.6 Å². The molecule has 0 radical (unpaired) electrons. The van der Waals surface area contributed by atoms with E-state index in [1.54, 1.807) is 37.5 Å². The van der Waals surface area contributed by atoms with E-state index in [1.807, 2.05) is 0 Å². The van der Waals surface area contributed by atoms with Gasteiger partial charge in [0.05, 0.1) is 21.8 Å². The molecule has 0 aliphatic heterocycles. The van der Waals surface area contributed by atoms with Crippen LogP contribution in [-0.4, -0.2) is 22.9 Å². The fraction of sp³-hybridized carbons (Fsp3) is 0.0800. The molecule has 2 N–H and O–H groups in total. The Morgan fingerprint density at radius 1 is 1.00 bits per heavy atom. The Bertz CT molecular complexity index is 1430. The highest BCUT2D eigenvalue weighted by Gasteiger charge is 2.32. The number of pyridine rings is 2. The van der Waals surface area contributed by atoms with Gasteiger partial charge in [-0.1, -0.05) is 11.6 Å². The average Bonchev–Trinajstić information content (AvgIpc) is 2.86. The first-order valence-electron chi connectivity index (χ1n) is 10.4. The number of carbonyl (C=O) groups is 1. The molecule has 0 saturated heterocycles. The lowest BCUT2D eigenvalue weighted by Gasteiger charge is -2.14. The van der Waals surface area contributed by atoms with Crippen LogP contribution in [0.15, 0.2) is 73.1 Å². The first-order chi connectivity index (χ1) is 17.2. The van der Waals surface area contributed by atoms with Crippen LogP contribution in [-0.2, 0) is 6.18 Å². The van der Waals surface area contributed by atoms with Crippen molar-refractivity contribution in [1.82, 2.24) is 9.97 Å². The van der Waals surface area contributed by atoms with Gasteiger partial charge in [0.15, 0.2) is 0 Å². The summed E-state index contributed by atoms with van der Waals surface area (Å²) < 4.78 is 59.1. The van der Waals surface area contributed by atoms with E-state index in [-0.39, 0.29) is 22.3 Å². The van der Waals surface area contributed by atoms with Gasteiger partial charge in [0.1, 0.15) is 17.4 Å². The smallest absolute Gasteiger partial charge is 0.416 e. The van der Waals surface area contributed by atoms with Crippen LogP contribution in [0, 0.1) is 5.82 Å². The SMILES string of the molecule is CNc1cc(-c2cccnc2Oc2ccc(Cl)c(NC(=O)c3cc(C(F)(F)F)ccc3F)c2)ccn1. The van der Waals surface area contributed by atoms with E-state index >= 15 is 0 Å². The van der Waals surface area contributed by atoms with Gasteiger partial charge in [-0.05, 0) is 60.2 Å². The molecule has 0 aliphatic carbocycles. The number of ether oxygens (including phenoxy) is 1. The Balaban J connectivity index is 1.61. The van der Waals surface area contributed by atoms with Crippen molar-refractivity contribution in [2.75, 3.05) is 17.7 Å². The Kier molecular flexibility index (Phi) is 7.07. The van der Waals surface area contributed by atoms with Crippen molar-refractivity contribution in [3.63, 3.8) is 0 Å². The summed E-state index contributed by atoms with van der Waals surface area (Å²) in [7, 11) is 1.74. The molecule has 4 rings (SSSR count). The van der Waals surface area contributed by atoms with Crippen molar-refractivity contribution in [2.24, 2.45) is 0 Å². The van der Waals surface area contributed by atoms with E-state index in [4.69, 9.17) is 16.3 Å². The van der Waals surface area contributed by atoms with Gasteiger partial charge >= 0.3 is 6.18 Å². The number of hydrogen-bond acceptors (Lipinski definition) is 5. The number of nitrogens with zero attached hydrogens (tertiary/aromatic N) is 2. The fourth-order valence-electron chi connectivity index (χ4n) is 3.27. The molecule has 184 valence electrons. The first-order valence-corrected chi connectivity index (χ1v) is 10.8. The topological polar surface area (TPSA) is 76.1 Å². The van der Waals surface area contributed by atoms with Gasteiger partial charge in [0.25, 0.3) is 5.91 Å². The number of carbonyl (C=O) groups excluding carboxylic acids is 1. The van der Waals surface area contributed by atoms with Crippen LogP contribution in [0.4, 0.5) is 29.1 Å². The number of amides is 1. The van der Waals surface area contributed by atoms with Gasteiger partial charge in [-0.3, -0.25) is 4.79 Å². The van der Waals surface area contributed by atoms with Crippen LogP contribution < -0.4 is 15.4 Å². The summed E-state index contributed by atoms with van der Waals surface area (Å²) in [5, 5.41) is 5.36. The molecular weight excluding hydrogens is 500 g/mol. The first kappa shape index (κ1) is 24.9. The summed E-state index contributed by atoms with van der Waals surface area (Å²) in [4.78, 5) is 21.0. The van der Waals surface area contributed by atoms with Crippen LogP contribution in [0.25, 0.3) is 11.1 Å². The van der Waals surface area contributed by atoms with Gasteiger partial charge < -0.3 is 15.4 Å². The Hall–Kier alpha value is -4.18. The predicted octanol–water partition coefficient (Wildman–Crippen LogP) is 7.04. The molecule has 0 unspecified atom stereocenters. The van der Waals surface area contributed by atoms with E-state index in [9.17, 15) is 22.4 Å². The van der Waals surface area contributed by atoms with Crippen LogP contribution in [0.5, 0.6) is 11.6 Å². The third kappa shape index (κ3) is 5.55. The van der Waals surface area contributed by atoms with Gasteiger partial charge in [0, 0.05) is 31.1 Å². The molecule has 0 aliphatic rings. The lowest BCUT2D eigenvalue weighted by atomic mass is 10.1. The van der Waals surface area contributed by atoms with E-state index in [0.717, 1.165) is 5.56 Å². The van der Waals surface area contributed by atoms with Crippen molar-refractivity contribution < 1.29 is 27.1 Å². The highest BCUT2D eigenvalue weighted by molar-refractivity contribution is 6.34. The molecular formula is C25H17ClF4N4O2. The third-order valence-electron chi connectivity index (χ3n) is 5.04. The molecule has 2 aromatic carbocycles. The van der Waals surface area contributed by atoms with Crippen molar-refractivity contribution in [3.8, 4) is 22.8 Å². The number of anilines is 2. The molecule has 0 bridgehead atoms. The summed E-state index contributed by atoms with van der Waals surface area (Å²) in [5.74, 6) is -1.11. The normalized spacial score (nSPS) is 11.2. The molecule has 2 aromatic heterocycles. The zero-order valence-corrected chi connectivity index (χ0v) is 19.3. The molecule has 0 spiro atoms. The second kappa shape index (κ2) is 10.2. The number of benzene rings is 2. The van der Waals surface area contributed by atoms with E-state index < -0.39 is 29.0 Å². The molecule has 6 nitrogen and oxygen atoms in total. The Morgan fingerprint density at radius 3 is 2.56 bits per heavy atom. The van der Waals surface area contributed by atoms with E-state index in [2.05, 4.69) is 20.6 Å². The molecule has 2 heterocycles. The summed E-state index contributed by atoms with van der Waals surface area (Å²) in [6.07, 6.45) is -1.58. The zero-order valence-electron chi connectivity index (χ0n) is 18.5. The molecule has 0 saturated carbocycles. The summed E-state index contributed by atoms with van der Waals surface area (Å²) >= 11 is 6.16. The van der Waals surface area contributed by atoms with E-state index in [1.165, 1.54) is 24.4 Å². The van der Waals surface area contributed by atoms with Crippen LogP contribution in [0.1, 0.15) is 15.9 Å². The number of hydrogen-bond donors (Lipinski definition) is 2. The molecule has 0 atom stereocenters. The highest BCUT2D eigenvalue weighted by atomic mass is 35.5. The Morgan fingerprint density at radius 2 is 1.81 bits per heavy atom. The predicted molar refractivity (Wildman–Crippen MR) is 128 cm³/mol. The maximum atomic E-state index is 14.1. The highest BCUT2D eigenvalue weighted by Crippen LogP contribution is 2.35. The van der Waals surface area contributed by atoms with Crippen molar-refractivity contribution in [1.29, 1.82) is 0 Å². The van der Waals surface area contributed by atoms with Gasteiger partial charge in [-0.25, -0.2) is 14.4 Å². The summed E-state index contributed by atoms with van der Waals surface area (Å²) in [6.45, 7) is 0.